The lowest BCUT2D eigenvalue weighted by molar-refractivity contribution is 0.449. The summed E-state index contributed by atoms with van der Waals surface area (Å²) < 4.78 is 39.8. The third kappa shape index (κ3) is 3.69. The zero-order valence-corrected chi connectivity index (χ0v) is 12.3. The van der Waals surface area contributed by atoms with Crippen LogP contribution in [0.5, 0.6) is 0 Å². The van der Waals surface area contributed by atoms with Gasteiger partial charge in [0.2, 0.25) is 5.95 Å². The van der Waals surface area contributed by atoms with E-state index in [9.17, 15) is 13.2 Å². The maximum Gasteiger partial charge on any atom is 0.244 e. The minimum absolute atomic E-state index is 0.197. The summed E-state index contributed by atoms with van der Waals surface area (Å²) in [5.41, 5.74) is -0.215. The summed E-state index contributed by atoms with van der Waals surface area (Å²) in [5, 5.41) is 13.4. The lowest BCUT2D eigenvalue weighted by atomic mass is 9.96. The summed E-state index contributed by atoms with van der Waals surface area (Å²) in [6.07, 6.45) is 6.91. The van der Waals surface area contributed by atoms with Gasteiger partial charge in [0.1, 0.15) is 0 Å². The average molecular weight is 323 g/mol. The van der Waals surface area contributed by atoms with Gasteiger partial charge in [-0.1, -0.05) is 19.3 Å². The molecule has 1 saturated carbocycles. The lowest BCUT2D eigenvalue weighted by Crippen LogP contribution is -2.23. The number of halogens is 3. The third-order valence-electron chi connectivity index (χ3n) is 3.80. The van der Waals surface area contributed by atoms with Crippen LogP contribution in [0, 0.1) is 17.5 Å². The van der Waals surface area contributed by atoms with Crippen LogP contribution in [0.1, 0.15) is 32.1 Å². The fraction of sp³-hybridized carbons (Fsp3) is 0.400. The molecule has 0 unspecified atom stereocenters. The van der Waals surface area contributed by atoms with Gasteiger partial charge >= 0.3 is 0 Å². The molecule has 1 aromatic carbocycles. The molecule has 122 valence electrons. The van der Waals surface area contributed by atoms with Gasteiger partial charge in [-0.2, -0.15) is 10.1 Å². The molecule has 1 fully saturated rings. The first-order valence-electron chi connectivity index (χ1n) is 7.50. The number of nitrogens with one attached hydrogen (secondary N) is 2. The van der Waals surface area contributed by atoms with Gasteiger partial charge in [0, 0.05) is 6.04 Å². The number of hydrogen-bond acceptors (Lipinski definition) is 5. The highest BCUT2D eigenvalue weighted by atomic mass is 19.2. The Morgan fingerprint density at radius 2 is 1.78 bits per heavy atom. The number of hydrogen-bond donors (Lipinski definition) is 2. The molecule has 1 aliphatic carbocycles. The predicted molar refractivity (Wildman–Crippen MR) is 79.9 cm³/mol. The Morgan fingerprint density at radius 1 is 1.00 bits per heavy atom. The molecule has 0 aliphatic heterocycles. The van der Waals surface area contributed by atoms with Crippen LogP contribution in [0.15, 0.2) is 18.3 Å². The van der Waals surface area contributed by atoms with Crippen molar-refractivity contribution in [2.45, 2.75) is 38.1 Å². The summed E-state index contributed by atoms with van der Waals surface area (Å²) >= 11 is 0. The summed E-state index contributed by atoms with van der Waals surface area (Å²) in [4.78, 5) is 4.18. The van der Waals surface area contributed by atoms with Crippen molar-refractivity contribution in [2.24, 2.45) is 0 Å². The van der Waals surface area contributed by atoms with Crippen molar-refractivity contribution in [2.75, 3.05) is 10.6 Å². The van der Waals surface area contributed by atoms with Gasteiger partial charge in [0.15, 0.2) is 23.3 Å². The second kappa shape index (κ2) is 6.80. The van der Waals surface area contributed by atoms with E-state index in [0.717, 1.165) is 37.8 Å². The second-order valence-electron chi connectivity index (χ2n) is 5.49. The number of rotatable bonds is 4. The molecule has 0 spiro atoms. The van der Waals surface area contributed by atoms with Crippen LogP contribution in [0.2, 0.25) is 0 Å². The van der Waals surface area contributed by atoms with E-state index in [1.165, 1.54) is 12.6 Å². The molecule has 0 saturated heterocycles. The van der Waals surface area contributed by atoms with E-state index in [2.05, 4.69) is 25.8 Å². The zero-order chi connectivity index (χ0) is 16.2. The molecule has 2 aromatic rings. The fourth-order valence-corrected chi connectivity index (χ4v) is 2.61. The van der Waals surface area contributed by atoms with E-state index in [1.54, 1.807) is 0 Å². The highest BCUT2D eigenvalue weighted by molar-refractivity contribution is 5.57. The van der Waals surface area contributed by atoms with E-state index in [1.807, 2.05) is 0 Å². The molecule has 1 aromatic heterocycles. The van der Waals surface area contributed by atoms with Crippen molar-refractivity contribution in [1.29, 1.82) is 0 Å². The highest BCUT2D eigenvalue weighted by Gasteiger charge is 2.16. The minimum Gasteiger partial charge on any atom is -0.350 e. The molecule has 0 amide bonds. The first-order chi connectivity index (χ1) is 11.1. The second-order valence-corrected chi connectivity index (χ2v) is 5.49. The van der Waals surface area contributed by atoms with Crippen molar-refractivity contribution in [3.63, 3.8) is 0 Å². The molecule has 0 atom stereocenters. The van der Waals surface area contributed by atoms with Crippen LogP contribution >= 0.6 is 0 Å². The average Bonchev–Trinajstić information content (AvgIpc) is 2.57. The fourth-order valence-electron chi connectivity index (χ4n) is 2.61. The van der Waals surface area contributed by atoms with Crippen LogP contribution in [0.25, 0.3) is 0 Å². The van der Waals surface area contributed by atoms with Crippen molar-refractivity contribution >= 4 is 17.5 Å². The van der Waals surface area contributed by atoms with E-state index >= 15 is 0 Å². The monoisotopic (exact) mass is 323 g/mol. The van der Waals surface area contributed by atoms with Crippen molar-refractivity contribution in [3.05, 3.63) is 35.8 Å². The Hall–Kier alpha value is -2.38. The first-order valence-corrected chi connectivity index (χ1v) is 7.50. The summed E-state index contributed by atoms with van der Waals surface area (Å²) in [5.74, 6) is -3.55. The standard InChI is InChI=1S/C15H16F3N5/c16-10-6-7-11(14(18)13(10)17)21-12-8-19-23-15(22-12)20-9-4-2-1-3-5-9/h6-9H,1-5H2,(H2,20,21,22,23). The summed E-state index contributed by atoms with van der Waals surface area (Å²) in [7, 11) is 0. The number of benzene rings is 1. The molecule has 8 heteroatoms. The first kappa shape index (κ1) is 15.5. The predicted octanol–water partition coefficient (Wildman–Crippen LogP) is 3.78. The van der Waals surface area contributed by atoms with Gasteiger partial charge in [-0.3, -0.25) is 0 Å². The number of nitrogens with zero attached hydrogens (tertiary/aromatic N) is 3. The molecule has 2 N–H and O–H groups in total. The molecule has 0 bridgehead atoms. The molecule has 1 heterocycles. The quantitative estimate of drug-likeness (QED) is 0.839. The maximum absolute atomic E-state index is 13.7. The summed E-state index contributed by atoms with van der Waals surface area (Å²) in [6, 6.07) is 2.24. The van der Waals surface area contributed by atoms with Crippen molar-refractivity contribution < 1.29 is 13.2 Å². The highest BCUT2D eigenvalue weighted by Crippen LogP contribution is 2.23. The molecule has 0 radical (unpaired) electrons. The third-order valence-corrected chi connectivity index (χ3v) is 3.80. The van der Waals surface area contributed by atoms with Gasteiger partial charge in [-0.15, -0.1) is 5.10 Å². The van der Waals surface area contributed by atoms with E-state index in [0.29, 0.717) is 12.0 Å². The topological polar surface area (TPSA) is 62.7 Å². The van der Waals surface area contributed by atoms with Crippen LogP contribution in [-0.2, 0) is 0 Å². The molecule has 3 rings (SSSR count). The molecular weight excluding hydrogens is 307 g/mol. The Labute approximate surface area is 131 Å². The largest absolute Gasteiger partial charge is 0.350 e. The van der Waals surface area contributed by atoms with Crippen molar-refractivity contribution in [1.82, 2.24) is 15.2 Å². The summed E-state index contributed by atoms with van der Waals surface area (Å²) in [6.45, 7) is 0. The minimum atomic E-state index is -1.53. The normalized spacial score (nSPS) is 15.4. The van der Waals surface area contributed by atoms with Crippen molar-refractivity contribution in [3.8, 4) is 0 Å². The van der Waals surface area contributed by atoms with Crippen LogP contribution < -0.4 is 10.6 Å². The Bertz CT molecular complexity index is 689. The number of anilines is 3. The van der Waals surface area contributed by atoms with Gasteiger partial charge in [0.25, 0.3) is 0 Å². The molecular formula is C15H16F3N5. The van der Waals surface area contributed by atoms with E-state index in [4.69, 9.17) is 0 Å². The van der Waals surface area contributed by atoms with Gasteiger partial charge in [-0.25, -0.2) is 13.2 Å². The van der Waals surface area contributed by atoms with Crippen LogP contribution in [0.3, 0.4) is 0 Å². The Morgan fingerprint density at radius 3 is 2.57 bits per heavy atom. The van der Waals surface area contributed by atoms with E-state index in [-0.39, 0.29) is 11.5 Å². The van der Waals surface area contributed by atoms with Gasteiger partial charge in [0.05, 0.1) is 11.9 Å². The smallest absolute Gasteiger partial charge is 0.244 e. The Kier molecular flexibility index (Phi) is 4.59. The lowest BCUT2D eigenvalue weighted by Gasteiger charge is -2.22. The van der Waals surface area contributed by atoms with Crippen LogP contribution in [-0.4, -0.2) is 21.2 Å². The van der Waals surface area contributed by atoms with Gasteiger partial charge in [-0.05, 0) is 25.0 Å². The zero-order valence-electron chi connectivity index (χ0n) is 12.3. The molecule has 1 aliphatic rings. The van der Waals surface area contributed by atoms with E-state index < -0.39 is 17.5 Å². The van der Waals surface area contributed by atoms with Crippen LogP contribution in [0.4, 0.5) is 30.6 Å². The Balaban J connectivity index is 1.73. The van der Waals surface area contributed by atoms with Gasteiger partial charge < -0.3 is 10.6 Å². The molecule has 23 heavy (non-hydrogen) atoms. The maximum atomic E-state index is 13.7. The SMILES string of the molecule is Fc1ccc(Nc2cnnc(NC3CCCCC3)n2)c(F)c1F. The number of aromatic nitrogens is 3. The molecule has 5 nitrogen and oxygen atoms in total.